The molecular formula is C9H17N2+. The van der Waals surface area contributed by atoms with Gasteiger partial charge < -0.3 is 0 Å². The highest BCUT2D eigenvalue weighted by Crippen LogP contribution is 2.17. The summed E-state index contributed by atoms with van der Waals surface area (Å²) in [4.78, 5) is 4.45. The van der Waals surface area contributed by atoms with E-state index in [1.54, 1.807) is 0 Å². The molecular weight excluding hydrogens is 136 g/mol. The van der Waals surface area contributed by atoms with E-state index in [1.165, 1.54) is 0 Å². The third kappa shape index (κ3) is 1.90. The van der Waals surface area contributed by atoms with Crippen LogP contribution in [0, 0.1) is 0 Å². The minimum Gasteiger partial charge on any atom is -0.258 e. The lowest BCUT2D eigenvalue weighted by molar-refractivity contribution is -0.758. The minimum atomic E-state index is 0.00688. The van der Waals surface area contributed by atoms with Crippen LogP contribution in [0.2, 0.25) is 0 Å². The molecule has 1 rings (SSSR count). The van der Waals surface area contributed by atoms with Gasteiger partial charge in [-0.25, -0.2) is 4.99 Å². The van der Waals surface area contributed by atoms with Gasteiger partial charge in [-0.1, -0.05) is 0 Å². The van der Waals surface area contributed by atoms with Crippen LogP contribution in [0.1, 0.15) is 20.8 Å². The Kier molecular flexibility index (Phi) is 1.89. The average molecular weight is 153 g/mol. The molecule has 0 radical (unpaired) electrons. The van der Waals surface area contributed by atoms with Gasteiger partial charge in [0.15, 0.2) is 6.34 Å². The van der Waals surface area contributed by atoms with Gasteiger partial charge in [0.05, 0.1) is 25.3 Å². The van der Waals surface area contributed by atoms with Gasteiger partial charge in [-0.15, -0.1) is 0 Å². The zero-order valence-electron chi connectivity index (χ0n) is 7.83. The van der Waals surface area contributed by atoms with Crippen molar-refractivity contribution in [1.29, 1.82) is 0 Å². The highest BCUT2D eigenvalue weighted by atomic mass is 15.3. The summed E-state index contributed by atoms with van der Waals surface area (Å²) in [5.41, 5.74) is 0.00688. The SMILES string of the molecule is CC[N+]1(C)C=CC(C)(C)N=C1. The summed E-state index contributed by atoms with van der Waals surface area (Å²) in [5, 5.41) is 0. The van der Waals surface area contributed by atoms with Crippen molar-refractivity contribution >= 4 is 6.34 Å². The van der Waals surface area contributed by atoms with Crippen molar-refractivity contribution in [2.24, 2.45) is 4.99 Å². The molecule has 1 atom stereocenters. The maximum absolute atomic E-state index is 4.45. The van der Waals surface area contributed by atoms with Crippen molar-refractivity contribution in [1.82, 2.24) is 0 Å². The van der Waals surface area contributed by atoms with Gasteiger partial charge in [-0.3, -0.25) is 4.48 Å². The van der Waals surface area contributed by atoms with Crippen molar-refractivity contribution in [3.8, 4) is 0 Å². The van der Waals surface area contributed by atoms with Crippen LogP contribution in [0.3, 0.4) is 0 Å². The van der Waals surface area contributed by atoms with Gasteiger partial charge in [-0.2, -0.15) is 0 Å². The summed E-state index contributed by atoms with van der Waals surface area (Å²) in [7, 11) is 2.15. The first-order valence-electron chi connectivity index (χ1n) is 4.09. The van der Waals surface area contributed by atoms with Crippen LogP contribution in [0.15, 0.2) is 17.3 Å². The third-order valence-electron chi connectivity index (χ3n) is 2.16. The molecule has 0 fully saturated rings. The van der Waals surface area contributed by atoms with Gasteiger partial charge in [-0.05, 0) is 26.8 Å². The number of hydrogen-bond acceptors (Lipinski definition) is 1. The summed E-state index contributed by atoms with van der Waals surface area (Å²) in [6.45, 7) is 7.45. The summed E-state index contributed by atoms with van der Waals surface area (Å²) in [6.07, 6.45) is 6.38. The number of hydrogen-bond donors (Lipinski definition) is 0. The molecule has 0 N–H and O–H groups in total. The Labute approximate surface area is 68.8 Å². The lowest BCUT2D eigenvalue weighted by atomic mass is 10.1. The van der Waals surface area contributed by atoms with E-state index in [0.717, 1.165) is 11.0 Å². The lowest BCUT2D eigenvalue weighted by Crippen LogP contribution is -2.40. The molecule has 0 aliphatic carbocycles. The van der Waals surface area contributed by atoms with E-state index in [9.17, 15) is 0 Å². The Morgan fingerprint density at radius 2 is 2.09 bits per heavy atom. The highest BCUT2D eigenvalue weighted by molar-refractivity contribution is 5.50. The quantitative estimate of drug-likeness (QED) is 0.509. The highest BCUT2D eigenvalue weighted by Gasteiger charge is 2.23. The maximum atomic E-state index is 4.45. The molecule has 1 heterocycles. The van der Waals surface area contributed by atoms with Crippen LogP contribution in [0.5, 0.6) is 0 Å². The molecule has 0 aromatic rings. The van der Waals surface area contributed by atoms with Crippen LogP contribution in [0.25, 0.3) is 0 Å². The van der Waals surface area contributed by atoms with E-state index < -0.39 is 0 Å². The predicted molar refractivity (Wildman–Crippen MR) is 48.4 cm³/mol. The van der Waals surface area contributed by atoms with Crippen LogP contribution in [0.4, 0.5) is 0 Å². The fourth-order valence-corrected chi connectivity index (χ4v) is 0.902. The predicted octanol–water partition coefficient (Wildman–Crippen LogP) is 1.79. The summed E-state index contributed by atoms with van der Waals surface area (Å²) in [5.74, 6) is 0. The molecule has 0 aromatic carbocycles. The molecule has 0 saturated carbocycles. The standard InChI is InChI=1S/C9H17N2/c1-5-11(4)7-6-9(2,3)10-8-11/h6-8H,5H2,1-4H3/q+1. The van der Waals surface area contributed by atoms with Crippen LogP contribution in [-0.2, 0) is 0 Å². The molecule has 2 heteroatoms. The first-order chi connectivity index (χ1) is 4.97. The monoisotopic (exact) mass is 153 g/mol. The van der Waals surface area contributed by atoms with Crippen molar-refractivity contribution in [3.05, 3.63) is 12.3 Å². The Bertz CT molecular complexity index is 186. The van der Waals surface area contributed by atoms with Crippen molar-refractivity contribution in [2.45, 2.75) is 26.3 Å². The normalized spacial score (nSPS) is 34.2. The molecule has 0 bridgehead atoms. The van der Waals surface area contributed by atoms with Gasteiger partial charge in [0, 0.05) is 0 Å². The lowest BCUT2D eigenvalue weighted by Gasteiger charge is -2.29. The molecule has 2 nitrogen and oxygen atoms in total. The second kappa shape index (κ2) is 2.45. The smallest absolute Gasteiger partial charge is 0.190 e. The van der Waals surface area contributed by atoms with Crippen molar-refractivity contribution < 1.29 is 4.48 Å². The first-order valence-corrected chi connectivity index (χ1v) is 4.09. The number of nitrogens with zero attached hydrogens (tertiary/aromatic N) is 2. The molecule has 0 aromatic heterocycles. The van der Waals surface area contributed by atoms with Crippen LogP contribution in [-0.4, -0.2) is 30.0 Å². The van der Waals surface area contributed by atoms with E-state index in [0.29, 0.717) is 0 Å². The molecule has 0 saturated heterocycles. The van der Waals surface area contributed by atoms with E-state index in [-0.39, 0.29) is 5.54 Å². The molecule has 1 aliphatic rings. The summed E-state index contributed by atoms with van der Waals surface area (Å²) >= 11 is 0. The number of aliphatic imine (C=N–C) groups is 1. The Hall–Kier alpha value is -0.630. The maximum Gasteiger partial charge on any atom is 0.190 e. The molecule has 0 spiro atoms. The molecule has 0 amide bonds. The Morgan fingerprint density at radius 1 is 1.45 bits per heavy atom. The zero-order chi connectivity index (χ0) is 8.54. The topological polar surface area (TPSA) is 12.4 Å². The molecule has 62 valence electrons. The molecule has 1 aliphatic heterocycles. The van der Waals surface area contributed by atoms with E-state index in [1.807, 2.05) is 6.34 Å². The largest absolute Gasteiger partial charge is 0.258 e. The molecule has 1 unspecified atom stereocenters. The van der Waals surface area contributed by atoms with Gasteiger partial charge in [0.2, 0.25) is 0 Å². The van der Waals surface area contributed by atoms with E-state index in [4.69, 9.17) is 0 Å². The average Bonchev–Trinajstić information content (AvgIpc) is 1.97. The second-order valence-electron chi connectivity index (χ2n) is 3.88. The van der Waals surface area contributed by atoms with Crippen LogP contribution < -0.4 is 0 Å². The summed E-state index contributed by atoms with van der Waals surface area (Å²) < 4.78 is 0.823. The van der Waals surface area contributed by atoms with Gasteiger partial charge in [0.25, 0.3) is 0 Å². The fraction of sp³-hybridized carbons (Fsp3) is 0.667. The number of quaternary nitrogens is 1. The minimum absolute atomic E-state index is 0.00688. The first kappa shape index (κ1) is 8.47. The molecule has 11 heavy (non-hydrogen) atoms. The zero-order valence-corrected chi connectivity index (χ0v) is 7.83. The Morgan fingerprint density at radius 3 is 2.45 bits per heavy atom. The van der Waals surface area contributed by atoms with E-state index >= 15 is 0 Å². The van der Waals surface area contributed by atoms with Crippen molar-refractivity contribution in [2.75, 3.05) is 13.6 Å². The van der Waals surface area contributed by atoms with Crippen LogP contribution >= 0.6 is 0 Å². The third-order valence-corrected chi connectivity index (χ3v) is 2.16. The van der Waals surface area contributed by atoms with Gasteiger partial charge in [0.1, 0.15) is 0 Å². The number of rotatable bonds is 1. The second-order valence-corrected chi connectivity index (χ2v) is 3.88. The van der Waals surface area contributed by atoms with Crippen molar-refractivity contribution in [3.63, 3.8) is 0 Å². The Balaban J connectivity index is 2.79. The summed E-state index contributed by atoms with van der Waals surface area (Å²) in [6, 6.07) is 0. The van der Waals surface area contributed by atoms with Gasteiger partial charge >= 0.3 is 0 Å². The van der Waals surface area contributed by atoms with E-state index in [2.05, 4.69) is 45.1 Å². The fourth-order valence-electron chi connectivity index (χ4n) is 0.902.